The van der Waals surface area contributed by atoms with Crippen molar-refractivity contribution in [1.29, 1.82) is 0 Å². The van der Waals surface area contributed by atoms with Crippen molar-refractivity contribution in [2.24, 2.45) is 0 Å². The molecule has 3 rings (SSSR count). The molecular weight excluding hydrogens is 292 g/mol. The fourth-order valence-corrected chi connectivity index (χ4v) is 3.42. The van der Waals surface area contributed by atoms with Gasteiger partial charge in [-0.15, -0.1) is 11.3 Å². The molecule has 0 fully saturated rings. The molecule has 0 atom stereocenters. The van der Waals surface area contributed by atoms with Gasteiger partial charge < -0.3 is 10.3 Å². The van der Waals surface area contributed by atoms with Crippen LogP contribution in [0.5, 0.6) is 0 Å². The van der Waals surface area contributed by atoms with Crippen LogP contribution in [0.25, 0.3) is 21.7 Å². The number of hydrogen-bond donors (Lipinski definition) is 1. The Morgan fingerprint density at radius 1 is 1.30 bits per heavy atom. The van der Waals surface area contributed by atoms with Crippen LogP contribution in [0.1, 0.15) is 12.5 Å². The Kier molecular flexibility index (Phi) is 3.51. The summed E-state index contributed by atoms with van der Waals surface area (Å²) in [6, 6.07) is 9.67. The van der Waals surface area contributed by atoms with Gasteiger partial charge >= 0.3 is 0 Å². The summed E-state index contributed by atoms with van der Waals surface area (Å²) in [6.07, 6.45) is 0.938. The van der Waals surface area contributed by atoms with Crippen LogP contribution in [0.3, 0.4) is 0 Å². The fourth-order valence-electron chi connectivity index (χ4n) is 2.20. The maximum absolute atomic E-state index is 6.27. The van der Waals surface area contributed by atoms with Crippen LogP contribution < -0.4 is 5.73 Å². The summed E-state index contributed by atoms with van der Waals surface area (Å²) in [4.78, 5) is 1.09. The van der Waals surface area contributed by atoms with Gasteiger partial charge in [-0.2, -0.15) is 0 Å². The van der Waals surface area contributed by atoms with E-state index in [0.717, 1.165) is 28.1 Å². The molecule has 20 heavy (non-hydrogen) atoms. The van der Waals surface area contributed by atoms with E-state index in [-0.39, 0.29) is 0 Å². The highest BCUT2D eigenvalue weighted by Crippen LogP contribution is 2.42. The van der Waals surface area contributed by atoms with Gasteiger partial charge in [-0.05, 0) is 29.5 Å². The van der Waals surface area contributed by atoms with Crippen molar-refractivity contribution in [2.45, 2.75) is 13.3 Å². The number of thiophene rings is 1. The molecule has 2 N–H and O–H groups in total. The van der Waals surface area contributed by atoms with Crippen LogP contribution in [0, 0.1) is 0 Å². The molecule has 0 unspecified atom stereocenters. The summed E-state index contributed by atoms with van der Waals surface area (Å²) in [5.41, 5.74) is 9.57. The van der Waals surface area contributed by atoms with E-state index in [9.17, 15) is 0 Å². The normalized spacial score (nSPS) is 10.9. The van der Waals surface area contributed by atoms with E-state index in [1.54, 1.807) is 11.3 Å². The number of nitrogen functional groups attached to an aromatic ring is 1. The monoisotopic (exact) mass is 304 g/mol. The molecule has 102 valence electrons. The molecule has 2 aromatic heterocycles. The maximum atomic E-state index is 6.27. The van der Waals surface area contributed by atoms with Gasteiger partial charge in [0.1, 0.15) is 5.69 Å². The quantitative estimate of drug-likeness (QED) is 0.751. The molecular formula is C15H13ClN2OS. The first-order chi connectivity index (χ1) is 9.72. The Labute approximate surface area is 126 Å². The summed E-state index contributed by atoms with van der Waals surface area (Å²) < 4.78 is 5.20. The third-order valence-corrected chi connectivity index (χ3v) is 4.50. The highest BCUT2D eigenvalue weighted by Gasteiger charge is 2.21. The molecule has 0 aliphatic rings. The van der Waals surface area contributed by atoms with Gasteiger partial charge in [-0.3, -0.25) is 0 Å². The summed E-state index contributed by atoms with van der Waals surface area (Å²) in [7, 11) is 0. The largest absolute Gasteiger partial charge is 0.367 e. The Hall–Kier alpha value is -1.78. The summed E-state index contributed by atoms with van der Waals surface area (Å²) in [5.74, 6) is 0.295. The lowest BCUT2D eigenvalue weighted by atomic mass is 10.0. The Balaban J connectivity index is 2.23. The minimum atomic E-state index is 0.295. The van der Waals surface area contributed by atoms with Crippen molar-refractivity contribution in [2.75, 3.05) is 5.73 Å². The average Bonchev–Trinajstić information content (AvgIpc) is 3.05. The molecule has 0 aliphatic heterocycles. The van der Waals surface area contributed by atoms with Gasteiger partial charge in [0, 0.05) is 10.6 Å². The molecule has 0 aliphatic carbocycles. The molecule has 5 heteroatoms. The lowest BCUT2D eigenvalue weighted by Gasteiger charge is -2.05. The molecule has 0 spiro atoms. The van der Waals surface area contributed by atoms with Crippen molar-refractivity contribution in [3.63, 3.8) is 0 Å². The molecule has 0 bridgehead atoms. The SMILES string of the molecule is CCc1ccsc1-c1noc(N)c1-c1ccccc1Cl. The van der Waals surface area contributed by atoms with Gasteiger partial charge in [0.15, 0.2) is 0 Å². The number of aromatic nitrogens is 1. The van der Waals surface area contributed by atoms with Crippen molar-refractivity contribution < 1.29 is 4.52 Å². The predicted octanol–water partition coefficient (Wildman–Crippen LogP) is 4.87. The van der Waals surface area contributed by atoms with Crippen molar-refractivity contribution >= 4 is 28.8 Å². The topological polar surface area (TPSA) is 52.0 Å². The van der Waals surface area contributed by atoms with Crippen molar-refractivity contribution in [3.8, 4) is 21.7 Å². The number of halogens is 1. The third-order valence-electron chi connectivity index (χ3n) is 3.20. The second kappa shape index (κ2) is 5.31. The summed E-state index contributed by atoms with van der Waals surface area (Å²) >= 11 is 7.91. The van der Waals surface area contributed by atoms with E-state index < -0.39 is 0 Å². The molecule has 0 saturated carbocycles. The van der Waals surface area contributed by atoms with Gasteiger partial charge in [0.2, 0.25) is 5.88 Å². The van der Waals surface area contributed by atoms with Gasteiger partial charge in [0.25, 0.3) is 0 Å². The van der Waals surface area contributed by atoms with E-state index in [1.165, 1.54) is 5.56 Å². The lowest BCUT2D eigenvalue weighted by molar-refractivity contribution is 0.439. The Bertz CT molecular complexity index is 748. The average molecular weight is 305 g/mol. The summed E-state index contributed by atoms with van der Waals surface area (Å²) in [5, 5.41) is 6.82. The van der Waals surface area contributed by atoms with Crippen LogP contribution in [-0.4, -0.2) is 5.16 Å². The number of anilines is 1. The number of hydrogen-bond acceptors (Lipinski definition) is 4. The first kappa shape index (κ1) is 13.2. The van der Waals surface area contributed by atoms with Gasteiger partial charge in [-0.25, -0.2) is 0 Å². The summed E-state index contributed by atoms with van der Waals surface area (Å²) in [6.45, 7) is 2.12. The second-order valence-corrected chi connectivity index (χ2v) is 5.70. The zero-order chi connectivity index (χ0) is 14.1. The van der Waals surface area contributed by atoms with E-state index >= 15 is 0 Å². The lowest BCUT2D eigenvalue weighted by Crippen LogP contribution is -1.89. The smallest absolute Gasteiger partial charge is 0.230 e. The maximum Gasteiger partial charge on any atom is 0.230 e. The molecule has 0 saturated heterocycles. The van der Waals surface area contributed by atoms with Gasteiger partial charge in [-0.1, -0.05) is 41.9 Å². The zero-order valence-electron chi connectivity index (χ0n) is 10.9. The Morgan fingerprint density at radius 3 is 2.85 bits per heavy atom. The van der Waals surface area contributed by atoms with E-state index in [4.69, 9.17) is 21.9 Å². The minimum Gasteiger partial charge on any atom is -0.367 e. The van der Waals surface area contributed by atoms with E-state index in [1.807, 2.05) is 24.3 Å². The zero-order valence-corrected chi connectivity index (χ0v) is 12.5. The molecule has 2 heterocycles. The number of nitrogens with two attached hydrogens (primary N) is 1. The first-order valence-corrected chi connectivity index (χ1v) is 7.55. The van der Waals surface area contributed by atoms with Crippen LogP contribution in [-0.2, 0) is 6.42 Å². The number of nitrogens with zero attached hydrogens (tertiary/aromatic N) is 1. The van der Waals surface area contributed by atoms with Crippen LogP contribution in [0.4, 0.5) is 5.88 Å². The second-order valence-electron chi connectivity index (χ2n) is 4.38. The number of aryl methyl sites for hydroxylation is 1. The highest BCUT2D eigenvalue weighted by molar-refractivity contribution is 7.13. The molecule has 0 amide bonds. The molecule has 3 aromatic rings. The molecule has 3 nitrogen and oxygen atoms in total. The van der Waals surface area contributed by atoms with Crippen LogP contribution in [0.15, 0.2) is 40.2 Å². The first-order valence-electron chi connectivity index (χ1n) is 6.29. The highest BCUT2D eigenvalue weighted by atomic mass is 35.5. The predicted molar refractivity (Wildman–Crippen MR) is 84.1 cm³/mol. The van der Waals surface area contributed by atoms with Crippen LogP contribution >= 0.6 is 22.9 Å². The Morgan fingerprint density at radius 2 is 2.10 bits per heavy atom. The van der Waals surface area contributed by atoms with E-state index in [0.29, 0.717) is 10.9 Å². The minimum absolute atomic E-state index is 0.295. The van der Waals surface area contributed by atoms with E-state index in [2.05, 4.69) is 23.5 Å². The number of rotatable bonds is 3. The van der Waals surface area contributed by atoms with Crippen molar-refractivity contribution in [1.82, 2.24) is 5.16 Å². The number of benzene rings is 1. The molecule has 1 aromatic carbocycles. The third kappa shape index (κ3) is 2.11. The standard InChI is InChI=1S/C15H13ClN2OS/c1-2-9-7-8-20-14(9)13-12(15(17)19-18-13)10-5-3-4-6-11(10)16/h3-8H,2,17H2,1H3. The van der Waals surface area contributed by atoms with Crippen LogP contribution in [0.2, 0.25) is 5.02 Å². The van der Waals surface area contributed by atoms with Crippen molar-refractivity contribution in [3.05, 3.63) is 46.3 Å². The fraction of sp³-hybridized carbons (Fsp3) is 0.133. The molecule has 0 radical (unpaired) electrons. The van der Waals surface area contributed by atoms with Gasteiger partial charge in [0.05, 0.1) is 10.4 Å².